The van der Waals surface area contributed by atoms with Crippen LogP contribution in [0.4, 0.5) is 4.79 Å². The molecule has 2 fully saturated rings. The number of nitrogens with zero attached hydrogens (tertiary/aromatic N) is 2. The van der Waals surface area contributed by atoms with Crippen LogP contribution in [0.3, 0.4) is 0 Å². The zero-order chi connectivity index (χ0) is 14.4. The summed E-state index contributed by atoms with van der Waals surface area (Å²) in [5.41, 5.74) is 0.0963. The van der Waals surface area contributed by atoms with E-state index in [0.29, 0.717) is 24.9 Å². The molecule has 5 heteroatoms. The summed E-state index contributed by atoms with van der Waals surface area (Å²) >= 11 is 0. The molecule has 5 nitrogen and oxygen atoms in total. The molecule has 19 heavy (non-hydrogen) atoms. The third-order valence-corrected chi connectivity index (χ3v) is 4.27. The zero-order valence-electron chi connectivity index (χ0n) is 12.6. The summed E-state index contributed by atoms with van der Waals surface area (Å²) in [6, 6.07) is 0. The van der Waals surface area contributed by atoms with Crippen molar-refractivity contribution in [2.24, 2.45) is 17.3 Å². The Balaban J connectivity index is 2.15. The average Bonchev–Trinajstić information content (AvgIpc) is 2.75. The van der Waals surface area contributed by atoms with Crippen LogP contribution in [-0.2, 0) is 4.74 Å². The summed E-state index contributed by atoms with van der Waals surface area (Å²) in [6.45, 7) is 8.71. The van der Waals surface area contributed by atoms with E-state index in [2.05, 4.69) is 39.8 Å². The lowest BCUT2D eigenvalue weighted by Crippen LogP contribution is -2.41. The number of likely N-dealkylation sites (tertiary alicyclic amines) is 1. The first kappa shape index (κ1) is 14.6. The van der Waals surface area contributed by atoms with Gasteiger partial charge in [0.05, 0.1) is 18.8 Å². The lowest BCUT2D eigenvalue weighted by molar-refractivity contribution is -0.0359. The van der Waals surface area contributed by atoms with E-state index in [-0.39, 0.29) is 17.6 Å². The van der Waals surface area contributed by atoms with Gasteiger partial charge in [0.15, 0.2) is 0 Å². The van der Waals surface area contributed by atoms with E-state index < -0.39 is 6.09 Å². The molecule has 110 valence electrons. The Morgan fingerprint density at radius 3 is 2.47 bits per heavy atom. The highest BCUT2D eigenvalue weighted by Crippen LogP contribution is 2.44. The Hall–Kier alpha value is -0.810. The van der Waals surface area contributed by atoms with Gasteiger partial charge in [-0.1, -0.05) is 20.8 Å². The molecule has 4 unspecified atom stereocenters. The van der Waals surface area contributed by atoms with Crippen molar-refractivity contribution in [2.75, 3.05) is 33.7 Å². The third kappa shape index (κ3) is 2.87. The third-order valence-electron chi connectivity index (χ3n) is 4.27. The Kier molecular flexibility index (Phi) is 3.80. The number of hydrogen-bond donors (Lipinski definition) is 1. The van der Waals surface area contributed by atoms with E-state index in [0.717, 1.165) is 6.54 Å². The fourth-order valence-electron chi connectivity index (χ4n) is 3.52. The van der Waals surface area contributed by atoms with Gasteiger partial charge in [0.1, 0.15) is 0 Å². The van der Waals surface area contributed by atoms with E-state index >= 15 is 0 Å². The van der Waals surface area contributed by atoms with Crippen LogP contribution in [0.2, 0.25) is 0 Å². The molecule has 0 radical (unpaired) electrons. The maximum atomic E-state index is 11.1. The van der Waals surface area contributed by atoms with Crippen molar-refractivity contribution >= 4 is 6.09 Å². The van der Waals surface area contributed by atoms with Crippen molar-refractivity contribution in [3.05, 3.63) is 0 Å². The topological polar surface area (TPSA) is 53.0 Å². The van der Waals surface area contributed by atoms with Crippen LogP contribution in [-0.4, -0.2) is 66.9 Å². The second-order valence-electron chi connectivity index (χ2n) is 7.24. The molecule has 1 amide bonds. The molecule has 0 aromatic heterocycles. The normalized spacial score (nSPS) is 34.9. The summed E-state index contributed by atoms with van der Waals surface area (Å²) in [7, 11) is 4.13. The Morgan fingerprint density at radius 2 is 2.00 bits per heavy atom. The van der Waals surface area contributed by atoms with E-state index in [1.807, 2.05) is 0 Å². The fourth-order valence-corrected chi connectivity index (χ4v) is 3.52. The maximum absolute atomic E-state index is 11.1. The second-order valence-corrected chi connectivity index (χ2v) is 7.24. The highest BCUT2D eigenvalue weighted by Gasteiger charge is 2.53. The van der Waals surface area contributed by atoms with Gasteiger partial charge in [-0.3, -0.25) is 0 Å². The van der Waals surface area contributed by atoms with Crippen LogP contribution < -0.4 is 0 Å². The molecule has 4 atom stereocenters. The summed E-state index contributed by atoms with van der Waals surface area (Å²) < 4.78 is 6.21. The smallest absolute Gasteiger partial charge is 0.407 e. The molecule has 0 aliphatic carbocycles. The van der Waals surface area contributed by atoms with Crippen molar-refractivity contribution in [3.8, 4) is 0 Å². The minimum absolute atomic E-state index is 0.0743. The van der Waals surface area contributed by atoms with E-state index in [9.17, 15) is 4.79 Å². The highest BCUT2D eigenvalue weighted by molar-refractivity contribution is 5.65. The Labute approximate surface area is 115 Å². The van der Waals surface area contributed by atoms with Crippen molar-refractivity contribution in [2.45, 2.75) is 33.0 Å². The monoisotopic (exact) mass is 270 g/mol. The van der Waals surface area contributed by atoms with Gasteiger partial charge in [0, 0.05) is 24.9 Å². The van der Waals surface area contributed by atoms with Gasteiger partial charge in [-0.05, 0) is 19.5 Å². The molecule has 2 saturated heterocycles. The van der Waals surface area contributed by atoms with Gasteiger partial charge in [-0.25, -0.2) is 4.79 Å². The van der Waals surface area contributed by atoms with Gasteiger partial charge in [-0.2, -0.15) is 0 Å². The maximum Gasteiger partial charge on any atom is 0.407 e. The van der Waals surface area contributed by atoms with Crippen LogP contribution in [0.15, 0.2) is 0 Å². The highest BCUT2D eigenvalue weighted by atomic mass is 16.5. The molecule has 1 N–H and O–H groups in total. The summed E-state index contributed by atoms with van der Waals surface area (Å²) in [5, 5.41) is 9.12. The molecule has 0 saturated carbocycles. The first-order valence-electron chi connectivity index (χ1n) is 6.98. The molecule has 0 bridgehead atoms. The Morgan fingerprint density at radius 1 is 1.37 bits per heavy atom. The molecule has 2 aliphatic heterocycles. The number of hydrogen-bond acceptors (Lipinski definition) is 3. The minimum Gasteiger partial charge on any atom is -0.465 e. The van der Waals surface area contributed by atoms with Crippen LogP contribution in [0.25, 0.3) is 0 Å². The van der Waals surface area contributed by atoms with E-state index in [4.69, 9.17) is 9.84 Å². The predicted molar refractivity (Wildman–Crippen MR) is 73.2 cm³/mol. The molecule has 2 heterocycles. The second kappa shape index (κ2) is 4.94. The van der Waals surface area contributed by atoms with E-state index in [1.165, 1.54) is 4.90 Å². The number of ether oxygens (including phenoxy) is 1. The standard InChI is InChI=1S/C14H26N2O3/c1-14(2,3)12-10(6-15(4)5)9-7-16(13(17)18)8-11(9)19-12/h9-12H,6-8H2,1-5H3,(H,17,18). The van der Waals surface area contributed by atoms with Gasteiger partial charge >= 0.3 is 6.09 Å². The first-order valence-corrected chi connectivity index (χ1v) is 6.98. The van der Waals surface area contributed by atoms with Crippen molar-refractivity contribution in [3.63, 3.8) is 0 Å². The quantitative estimate of drug-likeness (QED) is 0.828. The van der Waals surface area contributed by atoms with Gasteiger partial charge < -0.3 is 19.6 Å². The molecule has 0 aromatic carbocycles. The average molecular weight is 270 g/mol. The molecule has 2 aliphatic rings. The van der Waals surface area contributed by atoms with Crippen molar-refractivity contribution in [1.29, 1.82) is 0 Å². The molecule has 0 aromatic rings. The number of amides is 1. The lowest BCUT2D eigenvalue weighted by Gasteiger charge is -2.34. The number of fused-ring (bicyclic) bond motifs is 1. The van der Waals surface area contributed by atoms with Gasteiger partial charge in [-0.15, -0.1) is 0 Å². The molecular weight excluding hydrogens is 244 g/mol. The SMILES string of the molecule is CN(C)CC1C2CN(C(=O)O)CC2OC1C(C)(C)C. The number of carbonyl (C=O) groups is 1. The molecule has 0 spiro atoms. The van der Waals surface area contributed by atoms with Crippen LogP contribution in [0.5, 0.6) is 0 Å². The van der Waals surface area contributed by atoms with E-state index in [1.54, 1.807) is 0 Å². The number of rotatable bonds is 2. The molecular formula is C14H26N2O3. The first-order chi connectivity index (χ1) is 8.70. The van der Waals surface area contributed by atoms with Gasteiger partial charge in [0.25, 0.3) is 0 Å². The summed E-state index contributed by atoms with van der Waals surface area (Å²) in [5.74, 6) is 0.743. The van der Waals surface area contributed by atoms with Gasteiger partial charge in [0.2, 0.25) is 0 Å². The lowest BCUT2D eigenvalue weighted by atomic mass is 9.77. The summed E-state index contributed by atoms with van der Waals surface area (Å²) in [4.78, 5) is 14.8. The Bertz CT molecular complexity index is 351. The van der Waals surface area contributed by atoms with Crippen molar-refractivity contribution < 1.29 is 14.6 Å². The van der Waals surface area contributed by atoms with Crippen LogP contribution in [0, 0.1) is 17.3 Å². The van der Waals surface area contributed by atoms with Crippen LogP contribution >= 0.6 is 0 Å². The van der Waals surface area contributed by atoms with Crippen LogP contribution in [0.1, 0.15) is 20.8 Å². The number of carboxylic acid groups (broad SMARTS) is 1. The largest absolute Gasteiger partial charge is 0.465 e. The zero-order valence-corrected chi connectivity index (χ0v) is 12.6. The molecule has 2 rings (SSSR count). The fraction of sp³-hybridized carbons (Fsp3) is 0.929. The summed E-state index contributed by atoms with van der Waals surface area (Å²) in [6.07, 6.45) is -0.542. The predicted octanol–water partition coefficient (Wildman–Crippen LogP) is 1.59. The minimum atomic E-state index is -0.825. The van der Waals surface area contributed by atoms with Crippen molar-refractivity contribution in [1.82, 2.24) is 9.80 Å².